The Kier molecular flexibility index (Phi) is 3.71. The number of nitrogens with two attached hydrogens (primary N) is 1. The molecule has 1 saturated carbocycles. The van der Waals surface area contributed by atoms with Crippen molar-refractivity contribution in [2.45, 2.75) is 58.4 Å². The lowest BCUT2D eigenvalue weighted by molar-refractivity contribution is 0.210. The average Bonchev–Trinajstić information content (AvgIpc) is 2.53. The number of aromatic nitrogens is 2. The molecular formula is C15H25N3. The Morgan fingerprint density at radius 1 is 1.17 bits per heavy atom. The molecule has 2 atom stereocenters. The fourth-order valence-corrected chi connectivity index (χ4v) is 3.08. The molecule has 0 aromatic carbocycles. The van der Waals surface area contributed by atoms with Gasteiger partial charge in [0.15, 0.2) is 0 Å². The number of hydrogen-bond donors (Lipinski definition) is 1. The Balaban J connectivity index is 2.14. The van der Waals surface area contributed by atoms with Gasteiger partial charge in [-0.3, -0.25) is 0 Å². The van der Waals surface area contributed by atoms with Crippen LogP contribution in [0.25, 0.3) is 0 Å². The standard InChI is InChI=1S/C15H25N3/c1-14(2,3)12-5-4-7-15(16,8-6-12)13-9-17-11-18-10-13/h9-12H,4-8,16H2,1-3H3. The van der Waals surface area contributed by atoms with Crippen molar-refractivity contribution < 1.29 is 0 Å². The molecule has 0 bridgehead atoms. The maximum atomic E-state index is 6.61. The monoisotopic (exact) mass is 247 g/mol. The van der Waals surface area contributed by atoms with E-state index in [1.807, 2.05) is 12.4 Å². The van der Waals surface area contributed by atoms with Gasteiger partial charge in [-0.1, -0.05) is 27.2 Å². The predicted octanol–water partition coefficient (Wildman–Crippen LogP) is 3.26. The van der Waals surface area contributed by atoms with Gasteiger partial charge in [0.25, 0.3) is 0 Å². The van der Waals surface area contributed by atoms with Crippen molar-refractivity contribution in [1.29, 1.82) is 0 Å². The van der Waals surface area contributed by atoms with E-state index in [2.05, 4.69) is 30.7 Å². The Morgan fingerprint density at radius 2 is 1.83 bits per heavy atom. The molecule has 100 valence electrons. The summed E-state index contributed by atoms with van der Waals surface area (Å²) in [4.78, 5) is 8.22. The Labute approximate surface area is 110 Å². The van der Waals surface area contributed by atoms with E-state index < -0.39 is 0 Å². The van der Waals surface area contributed by atoms with Crippen molar-refractivity contribution in [2.75, 3.05) is 0 Å². The normalized spacial score (nSPS) is 29.9. The highest BCUT2D eigenvalue weighted by Gasteiger charge is 2.34. The molecule has 1 aromatic heterocycles. The molecule has 3 nitrogen and oxygen atoms in total. The van der Waals surface area contributed by atoms with Crippen molar-refractivity contribution in [3.8, 4) is 0 Å². The second kappa shape index (κ2) is 4.96. The molecule has 3 heteroatoms. The second-order valence-corrected chi connectivity index (χ2v) is 6.78. The summed E-state index contributed by atoms with van der Waals surface area (Å²) < 4.78 is 0. The van der Waals surface area contributed by atoms with Crippen LogP contribution in [0.15, 0.2) is 18.7 Å². The van der Waals surface area contributed by atoms with E-state index in [1.54, 1.807) is 6.33 Å². The lowest BCUT2D eigenvalue weighted by Gasteiger charge is -2.31. The number of nitrogens with zero attached hydrogens (tertiary/aromatic N) is 2. The zero-order valence-electron chi connectivity index (χ0n) is 11.8. The Hall–Kier alpha value is -0.960. The van der Waals surface area contributed by atoms with E-state index in [0.717, 1.165) is 24.3 Å². The third-order valence-corrected chi connectivity index (χ3v) is 4.47. The average molecular weight is 247 g/mol. The minimum Gasteiger partial charge on any atom is -0.321 e. The van der Waals surface area contributed by atoms with Gasteiger partial charge in [-0.2, -0.15) is 0 Å². The summed E-state index contributed by atoms with van der Waals surface area (Å²) in [6.07, 6.45) is 11.1. The van der Waals surface area contributed by atoms with Gasteiger partial charge in [0.05, 0.1) is 0 Å². The molecule has 1 aromatic rings. The fourth-order valence-electron chi connectivity index (χ4n) is 3.08. The van der Waals surface area contributed by atoms with E-state index in [-0.39, 0.29) is 5.54 Å². The summed E-state index contributed by atoms with van der Waals surface area (Å²) in [6, 6.07) is 0. The first kappa shape index (κ1) is 13.5. The summed E-state index contributed by atoms with van der Waals surface area (Å²) >= 11 is 0. The van der Waals surface area contributed by atoms with Crippen LogP contribution in [0.4, 0.5) is 0 Å². The minimum atomic E-state index is -0.221. The molecule has 0 amide bonds. The molecule has 0 spiro atoms. The van der Waals surface area contributed by atoms with Crippen molar-refractivity contribution >= 4 is 0 Å². The number of hydrogen-bond acceptors (Lipinski definition) is 3. The first-order valence-electron chi connectivity index (χ1n) is 6.96. The summed E-state index contributed by atoms with van der Waals surface area (Å²) in [5, 5.41) is 0. The third kappa shape index (κ3) is 2.89. The third-order valence-electron chi connectivity index (χ3n) is 4.47. The van der Waals surface area contributed by atoms with Crippen LogP contribution in [0, 0.1) is 11.3 Å². The van der Waals surface area contributed by atoms with Crippen LogP contribution >= 0.6 is 0 Å². The maximum absolute atomic E-state index is 6.61. The van der Waals surface area contributed by atoms with Crippen molar-refractivity contribution in [1.82, 2.24) is 9.97 Å². The highest BCUT2D eigenvalue weighted by Crippen LogP contribution is 2.41. The maximum Gasteiger partial charge on any atom is 0.115 e. The van der Waals surface area contributed by atoms with E-state index in [1.165, 1.54) is 19.3 Å². The van der Waals surface area contributed by atoms with E-state index in [0.29, 0.717) is 5.41 Å². The first-order chi connectivity index (χ1) is 8.42. The topological polar surface area (TPSA) is 51.8 Å². The summed E-state index contributed by atoms with van der Waals surface area (Å²) in [7, 11) is 0. The van der Waals surface area contributed by atoms with Gasteiger partial charge in [0.2, 0.25) is 0 Å². The van der Waals surface area contributed by atoms with Gasteiger partial charge in [-0.05, 0) is 37.0 Å². The van der Waals surface area contributed by atoms with Crippen LogP contribution < -0.4 is 5.73 Å². The van der Waals surface area contributed by atoms with Crippen molar-refractivity contribution in [3.05, 3.63) is 24.3 Å². The van der Waals surface area contributed by atoms with Crippen LogP contribution in [0.3, 0.4) is 0 Å². The van der Waals surface area contributed by atoms with Crippen LogP contribution in [-0.4, -0.2) is 9.97 Å². The van der Waals surface area contributed by atoms with Gasteiger partial charge in [0.1, 0.15) is 6.33 Å². The van der Waals surface area contributed by atoms with E-state index >= 15 is 0 Å². The molecule has 18 heavy (non-hydrogen) atoms. The zero-order valence-corrected chi connectivity index (χ0v) is 11.8. The molecule has 2 rings (SSSR count). The smallest absolute Gasteiger partial charge is 0.115 e. The quantitative estimate of drug-likeness (QED) is 0.775. The van der Waals surface area contributed by atoms with Crippen LogP contribution in [0.2, 0.25) is 0 Å². The van der Waals surface area contributed by atoms with Gasteiger partial charge in [-0.15, -0.1) is 0 Å². The van der Waals surface area contributed by atoms with E-state index in [4.69, 9.17) is 5.73 Å². The predicted molar refractivity (Wildman–Crippen MR) is 73.9 cm³/mol. The van der Waals surface area contributed by atoms with Gasteiger partial charge < -0.3 is 5.73 Å². The molecule has 0 radical (unpaired) electrons. The highest BCUT2D eigenvalue weighted by molar-refractivity contribution is 5.17. The SMILES string of the molecule is CC(C)(C)C1CCCC(N)(c2cncnc2)CC1. The number of rotatable bonds is 1. The molecule has 2 N–H and O–H groups in total. The molecule has 1 heterocycles. The first-order valence-corrected chi connectivity index (χ1v) is 6.96. The lowest BCUT2D eigenvalue weighted by atomic mass is 9.76. The van der Waals surface area contributed by atoms with Crippen molar-refractivity contribution in [2.24, 2.45) is 17.1 Å². The van der Waals surface area contributed by atoms with Crippen molar-refractivity contribution in [3.63, 3.8) is 0 Å². The highest BCUT2D eigenvalue weighted by atomic mass is 14.8. The lowest BCUT2D eigenvalue weighted by Crippen LogP contribution is -2.36. The molecule has 2 unspecified atom stereocenters. The molecule has 1 aliphatic carbocycles. The van der Waals surface area contributed by atoms with Crippen LogP contribution in [-0.2, 0) is 5.54 Å². The molecule has 0 aliphatic heterocycles. The van der Waals surface area contributed by atoms with Gasteiger partial charge in [-0.25, -0.2) is 9.97 Å². The largest absolute Gasteiger partial charge is 0.321 e. The minimum absolute atomic E-state index is 0.221. The Bertz CT molecular complexity index is 382. The molecule has 1 fully saturated rings. The van der Waals surface area contributed by atoms with Crippen LogP contribution in [0.5, 0.6) is 0 Å². The fraction of sp³-hybridized carbons (Fsp3) is 0.733. The second-order valence-electron chi connectivity index (χ2n) is 6.78. The zero-order chi connectivity index (χ0) is 13.2. The summed E-state index contributed by atoms with van der Waals surface area (Å²) in [5.41, 5.74) is 7.87. The molecule has 1 aliphatic rings. The Morgan fingerprint density at radius 3 is 2.44 bits per heavy atom. The van der Waals surface area contributed by atoms with Gasteiger partial charge in [0, 0.05) is 23.5 Å². The van der Waals surface area contributed by atoms with Crippen LogP contribution in [0.1, 0.15) is 58.4 Å². The van der Waals surface area contributed by atoms with E-state index in [9.17, 15) is 0 Å². The summed E-state index contributed by atoms with van der Waals surface area (Å²) in [6.45, 7) is 7.02. The van der Waals surface area contributed by atoms with Gasteiger partial charge >= 0.3 is 0 Å². The molecule has 0 saturated heterocycles. The summed E-state index contributed by atoms with van der Waals surface area (Å²) in [5.74, 6) is 0.771. The molecular weight excluding hydrogens is 222 g/mol.